The summed E-state index contributed by atoms with van der Waals surface area (Å²) in [6.07, 6.45) is 3.25. The fourth-order valence-corrected chi connectivity index (χ4v) is 2.37. The third-order valence-corrected chi connectivity index (χ3v) is 3.80. The Bertz CT molecular complexity index is 688. The molecule has 1 aliphatic rings. The van der Waals surface area contributed by atoms with Crippen LogP contribution in [0.3, 0.4) is 0 Å². The van der Waals surface area contributed by atoms with Gasteiger partial charge in [0.2, 0.25) is 4.77 Å². The van der Waals surface area contributed by atoms with E-state index in [1.807, 2.05) is 24.3 Å². The Morgan fingerprint density at radius 2 is 2.09 bits per heavy atom. The zero-order valence-electron chi connectivity index (χ0n) is 12.7. The third kappa shape index (κ3) is 4.72. The van der Waals surface area contributed by atoms with Crippen LogP contribution in [0.4, 0.5) is 0 Å². The van der Waals surface area contributed by atoms with Crippen LogP contribution in [0.1, 0.15) is 5.56 Å². The number of morpholine rings is 1. The summed E-state index contributed by atoms with van der Waals surface area (Å²) in [5.74, 6) is 0.857. The quantitative estimate of drug-likeness (QED) is 0.641. The van der Waals surface area contributed by atoms with Crippen molar-refractivity contribution in [2.45, 2.75) is 0 Å². The molecule has 1 aliphatic heterocycles. The summed E-state index contributed by atoms with van der Waals surface area (Å²) in [4.78, 5) is 2.35. The number of hydrogen-bond acceptors (Lipinski definition) is 6. The summed E-state index contributed by atoms with van der Waals surface area (Å²) in [6.45, 7) is 5.19. The van der Waals surface area contributed by atoms with Gasteiger partial charge in [0.1, 0.15) is 18.7 Å². The van der Waals surface area contributed by atoms with Crippen molar-refractivity contribution in [1.82, 2.24) is 19.8 Å². The lowest BCUT2D eigenvalue weighted by atomic mass is 10.2. The number of H-pyrrole nitrogens is 1. The number of aromatic amines is 1. The van der Waals surface area contributed by atoms with Crippen molar-refractivity contribution in [3.8, 4) is 5.75 Å². The fraction of sp³-hybridized carbons (Fsp3) is 0.400. The molecule has 122 valence electrons. The zero-order valence-corrected chi connectivity index (χ0v) is 13.5. The van der Waals surface area contributed by atoms with Gasteiger partial charge in [-0.1, -0.05) is 0 Å². The first-order chi connectivity index (χ1) is 11.3. The average Bonchev–Trinajstić information content (AvgIpc) is 3.00. The van der Waals surface area contributed by atoms with Gasteiger partial charge in [-0.3, -0.25) is 10.00 Å². The molecular formula is C15H19N5O2S. The maximum Gasteiger partial charge on any atom is 0.216 e. The normalized spacial score (nSPS) is 16.0. The Kier molecular flexibility index (Phi) is 5.51. The molecule has 0 radical (unpaired) electrons. The topological polar surface area (TPSA) is 67.7 Å². The van der Waals surface area contributed by atoms with Crippen molar-refractivity contribution in [3.63, 3.8) is 0 Å². The molecule has 2 aromatic rings. The maximum atomic E-state index is 5.77. The Morgan fingerprint density at radius 1 is 1.30 bits per heavy atom. The number of aromatic nitrogens is 3. The van der Waals surface area contributed by atoms with Gasteiger partial charge in [-0.15, -0.1) is 0 Å². The van der Waals surface area contributed by atoms with E-state index in [-0.39, 0.29) is 0 Å². The van der Waals surface area contributed by atoms with Gasteiger partial charge in [-0.2, -0.15) is 14.9 Å². The van der Waals surface area contributed by atoms with Crippen molar-refractivity contribution in [3.05, 3.63) is 40.9 Å². The first-order valence-corrected chi connectivity index (χ1v) is 7.91. The molecule has 1 aromatic carbocycles. The van der Waals surface area contributed by atoms with Gasteiger partial charge in [0.25, 0.3) is 0 Å². The van der Waals surface area contributed by atoms with Crippen LogP contribution in [0.2, 0.25) is 0 Å². The molecule has 0 bridgehead atoms. The van der Waals surface area contributed by atoms with Crippen molar-refractivity contribution < 1.29 is 9.47 Å². The molecule has 1 fully saturated rings. The van der Waals surface area contributed by atoms with Crippen LogP contribution in [-0.2, 0) is 4.74 Å². The Labute approximate surface area is 139 Å². The highest BCUT2D eigenvalue weighted by Crippen LogP contribution is 2.11. The highest BCUT2D eigenvalue weighted by Gasteiger charge is 2.09. The number of benzene rings is 1. The minimum atomic E-state index is 0.462. The summed E-state index contributed by atoms with van der Waals surface area (Å²) < 4.78 is 13.1. The Balaban J connectivity index is 1.48. The first kappa shape index (κ1) is 15.9. The van der Waals surface area contributed by atoms with E-state index in [1.165, 1.54) is 11.0 Å². The Morgan fingerprint density at radius 3 is 2.78 bits per heavy atom. The number of rotatable bonds is 6. The molecule has 0 atom stereocenters. The van der Waals surface area contributed by atoms with Crippen LogP contribution in [0.5, 0.6) is 5.75 Å². The predicted octanol–water partition coefficient (Wildman–Crippen LogP) is 1.53. The van der Waals surface area contributed by atoms with Crippen LogP contribution < -0.4 is 4.74 Å². The van der Waals surface area contributed by atoms with Crippen molar-refractivity contribution >= 4 is 18.4 Å². The second-order valence-corrected chi connectivity index (χ2v) is 5.51. The van der Waals surface area contributed by atoms with Gasteiger partial charge < -0.3 is 9.47 Å². The average molecular weight is 333 g/mol. The molecular weight excluding hydrogens is 314 g/mol. The number of nitrogens with one attached hydrogen (secondary N) is 1. The van der Waals surface area contributed by atoms with E-state index in [0.29, 0.717) is 11.4 Å². The summed E-state index contributed by atoms with van der Waals surface area (Å²) in [5, 5.41) is 10.7. The van der Waals surface area contributed by atoms with E-state index < -0.39 is 0 Å². The smallest absolute Gasteiger partial charge is 0.216 e. The molecule has 8 heteroatoms. The van der Waals surface area contributed by atoms with Gasteiger partial charge in [-0.25, -0.2) is 0 Å². The molecule has 0 spiro atoms. The highest BCUT2D eigenvalue weighted by molar-refractivity contribution is 7.71. The van der Waals surface area contributed by atoms with Gasteiger partial charge in [-0.05, 0) is 42.0 Å². The summed E-state index contributed by atoms with van der Waals surface area (Å²) >= 11 is 5.02. The molecule has 7 nitrogen and oxygen atoms in total. The SMILES string of the molecule is S=c1[nH]ncn1/N=C/c1ccc(OCCN2CCOCC2)cc1. The number of nitrogens with zero attached hydrogens (tertiary/aromatic N) is 4. The van der Waals surface area contributed by atoms with Gasteiger partial charge >= 0.3 is 0 Å². The minimum Gasteiger partial charge on any atom is -0.492 e. The second-order valence-electron chi connectivity index (χ2n) is 5.12. The van der Waals surface area contributed by atoms with Crippen molar-refractivity contribution in [1.29, 1.82) is 0 Å². The number of ether oxygens (including phenoxy) is 2. The molecule has 23 heavy (non-hydrogen) atoms. The Hall–Kier alpha value is -2.03. The first-order valence-electron chi connectivity index (χ1n) is 7.50. The molecule has 3 rings (SSSR count). The molecule has 0 amide bonds. The molecule has 0 saturated carbocycles. The molecule has 1 N–H and O–H groups in total. The second kappa shape index (κ2) is 8.00. The van der Waals surface area contributed by atoms with E-state index in [9.17, 15) is 0 Å². The van der Waals surface area contributed by atoms with E-state index in [2.05, 4.69) is 20.2 Å². The van der Waals surface area contributed by atoms with Crippen LogP contribution >= 0.6 is 12.2 Å². The molecule has 1 saturated heterocycles. The van der Waals surface area contributed by atoms with Gasteiger partial charge in [0, 0.05) is 19.6 Å². The van der Waals surface area contributed by atoms with Crippen molar-refractivity contribution in [2.24, 2.45) is 5.10 Å². The van der Waals surface area contributed by atoms with Crippen LogP contribution in [0.25, 0.3) is 0 Å². The minimum absolute atomic E-state index is 0.462. The fourth-order valence-electron chi connectivity index (χ4n) is 2.22. The summed E-state index contributed by atoms with van der Waals surface area (Å²) in [7, 11) is 0. The van der Waals surface area contributed by atoms with E-state index in [4.69, 9.17) is 21.7 Å². The van der Waals surface area contributed by atoms with E-state index >= 15 is 0 Å². The van der Waals surface area contributed by atoms with Gasteiger partial charge in [0.05, 0.1) is 19.4 Å². The van der Waals surface area contributed by atoms with Gasteiger partial charge in [0.15, 0.2) is 0 Å². The summed E-state index contributed by atoms with van der Waals surface area (Å²) in [6, 6.07) is 7.79. The van der Waals surface area contributed by atoms with E-state index in [1.54, 1.807) is 6.21 Å². The predicted molar refractivity (Wildman–Crippen MR) is 89.6 cm³/mol. The molecule has 0 aliphatic carbocycles. The maximum absolute atomic E-state index is 5.77. The molecule has 1 aromatic heterocycles. The lowest BCUT2D eigenvalue weighted by Crippen LogP contribution is -2.38. The van der Waals surface area contributed by atoms with Crippen LogP contribution in [-0.4, -0.2) is 65.4 Å². The highest BCUT2D eigenvalue weighted by atomic mass is 32.1. The van der Waals surface area contributed by atoms with Crippen LogP contribution in [0, 0.1) is 4.77 Å². The van der Waals surface area contributed by atoms with E-state index in [0.717, 1.165) is 44.2 Å². The third-order valence-electron chi connectivity index (χ3n) is 3.53. The van der Waals surface area contributed by atoms with Crippen molar-refractivity contribution in [2.75, 3.05) is 39.5 Å². The zero-order chi connectivity index (χ0) is 15.9. The largest absolute Gasteiger partial charge is 0.492 e. The number of hydrogen-bond donors (Lipinski definition) is 1. The lowest BCUT2D eigenvalue weighted by molar-refractivity contribution is 0.0322. The van der Waals surface area contributed by atoms with Crippen LogP contribution in [0.15, 0.2) is 35.7 Å². The standard InChI is InChI=1S/C15H19N5O2S/c23-15-18-16-12-20(15)17-11-13-1-3-14(4-2-13)22-10-7-19-5-8-21-9-6-19/h1-4,11-12H,5-10H2,(H,18,23)/b17-11+. The lowest BCUT2D eigenvalue weighted by Gasteiger charge is -2.26. The monoisotopic (exact) mass is 333 g/mol. The molecule has 0 unspecified atom stereocenters. The summed E-state index contributed by atoms with van der Waals surface area (Å²) in [5.41, 5.74) is 0.966. The molecule has 2 heterocycles.